The molecule has 4 nitrogen and oxygen atoms in total. The van der Waals surface area contributed by atoms with E-state index >= 15 is 0 Å². The summed E-state index contributed by atoms with van der Waals surface area (Å²) in [5.41, 5.74) is 1.30. The predicted octanol–water partition coefficient (Wildman–Crippen LogP) is 4.67. The molecule has 3 saturated carbocycles. The van der Waals surface area contributed by atoms with Gasteiger partial charge in [-0.15, -0.1) is 0 Å². The van der Waals surface area contributed by atoms with Gasteiger partial charge >= 0.3 is 5.97 Å². The topological polar surface area (TPSA) is 55.8 Å². The van der Waals surface area contributed by atoms with Crippen LogP contribution in [-0.2, 0) is 4.74 Å². The Hall–Kier alpha value is -2.07. The highest BCUT2D eigenvalue weighted by Crippen LogP contribution is 2.73. The fourth-order valence-corrected chi connectivity index (χ4v) is 5.07. The summed E-state index contributed by atoms with van der Waals surface area (Å²) < 4.78 is 11.3. The highest BCUT2D eigenvalue weighted by Gasteiger charge is 2.67. The van der Waals surface area contributed by atoms with Crippen LogP contribution in [0.5, 0.6) is 5.75 Å². The highest BCUT2D eigenvalue weighted by molar-refractivity contribution is 5.94. The minimum Gasteiger partial charge on any atom is -0.497 e. The fraction of sp³-hybridized carbons (Fsp3) is 0.542. The lowest BCUT2D eigenvalue weighted by molar-refractivity contribution is 0.0233. The number of ether oxygens (including phenoxy) is 2. The van der Waals surface area contributed by atoms with Gasteiger partial charge in [-0.05, 0) is 74.1 Å². The molecule has 0 aromatic heterocycles. The van der Waals surface area contributed by atoms with E-state index in [1.165, 1.54) is 12.8 Å². The van der Waals surface area contributed by atoms with Crippen LogP contribution in [0.15, 0.2) is 36.4 Å². The molecule has 1 unspecified atom stereocenters. The second kappa shape index (κ2) is 6.21. The van der Waals surface area contributed by atoms with Gasteiger partial charge < -0.3 is 14.6 Å². The quantitative estimate of drug-likeness (QED) is 0.568. The maximum atomic E-state index is 12.9. The number of aliphatic hydroxyl groups excluding tert-OH is 1. The summed E-state index contributed by atoms with van der Waals surface area (Å²) >= 11 is 0. The van der Waals surface area contributed by atoms with Gasteiger partial charge in [0.05, 0.1) is 18.8 Å². The Morgan fingerprint density at radius 2 is 1.86 bits per heavy atom. The molecule has 0 radical (unpaired) electrons. The van der Waals surface area contributed by atoms with E-state index in [1.807, 2.05) is 30.4 Å². The lowest BCUT2D eigenvalue weighted by atomic mass is 9.78. The maximum Gasteiger partial charge on any atom is 0.339 e. The number of hydrogen-bond acceptors (Lipinski definition) is 4. The minimum absolute atomic E-state index is 0.0442. The normalized spacial score (nSPS) is 30.8. The molecule has 28 heavy (non-hydrogen) atoms. The van der Waals surface area contributed by atoms with Crippen LogP contribution in [0, 0.1) is 10.8 Å². The number of esters is 1. The van der Waals surface area contributed by atoms with Gasteiger partial charge in [0.2, 0.25) is 0 Å². The standard InChI is InChI=1S/C24H28O4/c1-27-18-6-7-19-17(16-18)4-2-8-22(10-11-22)24(14-15-24)20(25)5-3-9-23(12-13-23)28-21(19)26/h2-7,16,20,25H,8-15H2,1H3/b4-2+,5-3-. The molecule has 148 valence electrons. The fourth-order valence-electron chi connectivity index (χ4n) is 5.07. The first-order chi connectivity index (χ1) is 13.5. The molecule has 0 amide bonds. The maximum absolute atomic E-state index is 12.9. The summed E-state index contributed by atoms with van der Waals surface area (Å²) in [6.45, 7) is 0. The van der Waals surface area contributed by atoms with Crippen molar-refractivity contribution in [2.75, 3.05) is 7.11 Å². The minimum atomic E-state index is -0.398. The first-order valence-electron chi connectivity index (χ1n) is 10.4. The first kappa shape index (κ1) is 18.0. The van der Waals surface area contributed by atoms with E-state index < -0.39 is 11.7 Å². The van der Waals surface area contributed by atoms with Gasteiger partial charge in [-0.3, -0.25) is 0 Å². The molecule has 4 heteroatoms. The predicted molar refractivity (Wildman–Crippen MR) is 107 cm³/mol. The van der Waals surface area contributed by atoms with Crippen molar-refractivity contribution in [3.8, 4) is 5.75 Å². The molecule has 3 aliphatic carbocycles. The van der Waals surface area contributed by atoms with Crippen molar-refractivity contribution in [3.63, 3.8) is 0 Å². The van der Waals surface area contributed by atoms with Crippen LogP contribution >= 0.6 is 0 Å². The van der Waals surface area contributed by atoms with Gasteiger partial charge in [0.25, 0.3) is 0 Å². The summed E-state index contributed by atoms with van der Waals surface area (Å²) in [5, 5.41) is 10.9. The lowest BCUT2D eigenvalue weighted by Gasteiger charge is -2.29. The number of rotatable bonds is 1. The number of carbonyl (C=O) groups excluding carboxylic acids is 1. The molecule has 1 aromatic rings. The summed E-state index contributed by atoms with van der Waals surface area (Å²) in [6, 6.07) is 5.52. The highest BCUT2D eigenvalue weighted by atomic mass is 16.6. The van der Waals surface area contributed by atoms with E-state index in [0.717, 1.165) is 43.4 Å². The van der Waals surface area contributed by atoms with Crippen molar-refractivity contribution in [1.29, 1.82) is 0 Å². The van der Waals surface area contributed by atoms with Crippen LogP contribution in [0.25, 0.3) is 6.08 Å². The van der Waals surface area contributed by atoms with Gasteiger partial charge in [0.15, 0.2) is 0 Å². The molecule has 0 saturated heterocycles. The molecule has 1 heterocycles. The number of fused-ring (bicyclic) bond motifs is 2. The first-order valence-corrected chi connectivity index (χ1v) is 10.4. The Kier molecular flexibility index (Phi) is 3.99. The third-order valence-electron chi connectivity index (χ3n) is 7.47. The molecule has 1 aliphatic heterocycles. The molecule has 3 fully saturated rings. The second-order valence-electron chi connectivity index (χ2n) is 9.15. The lowest BCUT2D eigenvalue weighted by Crippen LogP contribution is -2.30. The molecule has 4 aliphatic rings. The number of aliphatic hydroxyl groups is 1. The third kappa shape index (κ3) is 2.89. The number of hydrogen-bond donors (Lipinski definition) is 1. The Morgan fingerprint density at radius 3 is 2.50 bits per heavy atom. The van der Waals surface area contributed by atoms with Gasteiger partial charge in [0, 0.05) is 11.8 Å². The van der Waals surface area contributed by atoms with Crippen molar-refractivity contribution in [1.82, 2.24) is 0 Å². The largest absolute Gasteiger partial charge is 0.497 e. The Morgan fingerprint density at radius 1 is 1.07 bits per heavy atom. The second-order valence-corrected chi connectivity index (χ2v) is 9.15. The number of methoxy groups -OCH3 is 1. The Labute approximate surface area is 166 Å². The van der Waals surface area contributed by atoms with Crippen molar-refractivity contribution in [3.05, 3.63) is 47.6 Å². The van der Waals surface area contributed by atoms with E-state index in [1.54, 1.807) is 13.2 Å². The van der Waals surface area contributed by atoms with Crippen molar-refractivity contribution in [2.24, 2.45) is 10.8 Å². The summed E-state index contributed by atoms with van der Waals surface area (Å²) in [6.07, 6.45) is 15.8. The summed E-state index contributed by atoms with van der Waals surface area (Å²) in [5.74, 6) is 0.460. The summed E-state index contributed by atoms with van der Waals surface area (Å²) in [7, 11) is 1.63. The molecular weight excluding hydrogens is 352 g/mol. The zero-order valence-electron chi connectivity index (χ0n) is 16.4. The van der Waals surface area contributed by atoms with Gasteiger partial charge in [0.1, 0.15) is 11.4 Å². The Balaban J connectivity index is 1.52. The van der Waals surface area contributed by atoms with Crippen LogP contribution in [0.1, 0.15) is 67.3 Å². The van der Waals surface area contributed by atoms with Crippen LogP contribution in [-0.4, -0.2) is 29.9 Å². The Bertz CT molecular complexity index is 853. The van der Waals surface area contributed by atoms with Crippen molar-refractivity contribution < 1.29 is 19.4 Å². The van der Waals surface area contributed by atoms with E-state index in [2.05, 4.69) is 6.08 Å². The molecule has 0 bridgehead atoms. The molecule has 3 spiro atoms. The third-order valence-corrected chi connectivity index (χ3v) is 7.47. The van der Waals surface area contributed by atoms with Gasteiger partial charge in [-0.2, -0.15) is 0 Å². The van der Waals surface area contributed by atoms with Crippen LogP contribution in [0.3, 0.4) is 0 Å². The van der Waals surface area contributed by atoms with Crippen LogP contribution in [0.4, 0.5) is 0 Å². The van der Waals surface area contributed by atoms with E-state index in [0.29, 0.717) is 12.0 Å². The SMILES string of the molecule is COc1ccc2c(c1)/C=C/CC1(CC1)C1(CC1)C(O)/C=C\CC1(CC1)OC2=O. The van der Waals surface area contributed by atoms with Gasteiger partial charge in [-0.25, -0.2) is 4.79 Å². The smallest absolute Gasteiger partial charge is 0.339 e. The monoisotopic (exact) mass is 380 g/mol. The molecule has 1 N–H and O–H groups in total. The van der Waals surface area contributed by atoms with E-state index in [9.17, 15) is 9.90 Å². The zero-order valence-corrected chi connectivity index (χ0v) is 16.4. The molecular formula is C24H28O4. The van der Waals surface area contributed by atoms with Gasteiger partial charge in [-0.1, -0.05) is 24.3 Å². The van der Waals surface area contributed by atoms with E-state index in [-0.39, 0.29) is 16.8 Å². The molecule has 5 rings (SSSR count). The average Bonchev–Trinajstić information content (AvgIpc) is 3.54. The summed E-state index contributed by atoms with van der Waals surface area (Å²) in [4.78, 5) is 12.9. The molecule has 1 atom stereocenters. The zero-order chi connectivity index (χ0) is 19.4. The van der Waals surface area contributed by atoms with E-state index in [4.69, 9.17) is 9.47 Å². The number of allylic oxidation sites excluding steroid dienone is 1. The average molecular weight is 380 g/mol. The van der Waals surface area contributed by atoms with Crippen molar-refractivity contribution >= 4 is 12.0 Å². The van der Waals surface area contributed by atoms with Crippen LogP contribution in [0.2, 0.25) is 0 Å². The van der Waals surface area contributed by atoms with Crippen molar-refractivity contribution in [2.45, 2.75) is 63.1 Å². The number of carbonyl (C=O) groups is 1. The number of benzene rings is 1. The van der Waals surface area contributed by atoms with Crippen LogP contribution < -0.4 is 4.74 Å². The molecule has 1 aromatic carbocycles.